The first-order valence-corrected chi connectivity index (χ1v) is 12.4. The van der Waals surface area contributed by atoms with Crippen LogP contribution in [0.5, 0.6) is 0 Å². The highest BCUT2D eigenvalue weighted by Gasteiger charge is 2.22. The first-order chi connectivity index (χ1) is 13.3. The number of rotatable bonds is 7. The molecule has 0 aromatic heterocycles. The number of hydrogen-bond donors (Lipinski definition) is 1. The summed E-state index contributed by atoms with van der Waals surface area (Å²) in [6.45, 7) is 4.32. The van der Waals surface area contributed by atoms with Crippen LogP contribution in [0.25, 0.3) is 0 Å². The maximum absolute atomic E-state index is 12.7. The van der Waals surface area contributed by atoms with Crippen molar-refractivity contribution in [3.05, 3.63) is 53.6 Å². The first kappa shape index (κ1) is 20.8. The maximum atomic E-state index is 12.7. The fourth-order valence-corrected chi connectivity index (χ4v) is 6.07. The second-order valence-electron chi connectivity index (χ2n) is 6.86. The van der Waals surface area contributed by atoms with Crippen molar-refractivity contribution in [1.29, 1.82) is 0 Å². The van der Waals surface area contributed by atoms with Gasteiger partial charge in [0.2, 0.25) is 10.0 Å². The van der Waals surface area contributed by atoms with Crippen LogP contribution in [0.4, 0.5) is 5.69 Å². The Morgan fingerprint density at radius 2 is 1.39 bits per heavy atom. The molecule has 0 unspecified atom stereocenters. The van der Waals surface area contributed by atoms with Crippen LogP contribution in [-0.4, -0.2) is 34.2 Å². The second kappa shape index (κ2) is 8.23. The molecule has 0 amide bonds. The lowest BCUT2D eigenvalue weighted by molar-refractivity contribution is 0.445. The Balaban J connectivity index is 1.82. The molecule has 152 valence electrons. The predicted molar refractivity (Wildman–Crippen MR) is 110 cm³/mol. The van der Waals surface area contributed by atoms with Gasteiger partial charge in [0, 0.05) is 18.8 Å². The highest BCUT2D eigenvalue weighted by atomic mass is 32.2. The van der Waals surface area contributed by atoms with Crippen molar-refractivity contribution in [2.75, 3.05) is 17.8 Å². The summed E-state index contributed by atoms with van der Waals surface area (Å²) in [5.41, 5.74) is 2.64. The average Bonchev–Trinajstić information content (AvgIpc) is 2.68. The van der Waals surface area contributed by atoms with E-state index in [1.54, 1.807) is 26.0 Å². The van der Waals surface area contributed by atoms with Gasteiger partial charge in [-0.15, -0.1) is 0 Å². The smallest absolute Gasteiger partial charge is 0.261 e. The third kappa shape index (κ3) is 4.24. The first-order valence-electron chi connectivity index (χ1n) is 9.52. The van der Waals surface area contributed by atoms with Crippen molar-refractivity contribution in [2.45, 2.75) is 49.3 Å². The van der Waals surface area contributed by atoms with E-state index in [9.17, 15) is 16.8 Å². The van der Waals surface area contributed by atoms with E-state index in [0.717, 1.165) is 31.2 Å². The van der Waals surface area contributed by atoms with Crippen molar-refractivity contribution >= 4 is 25.7 Å². The number of hydrogen-bond acceptors (Lipinski definition) is 4. The molecule has 0 saturated carbocycles. The molecule has 1 aliphatic rings. The SMILES string of the molecule is CCN(CC)S(=O)(=O)c1ccc(NS(=O)(=O)c2ccc3c(c2)CCCC3)cc1. The highest BCUT2D eigenvalue weighted by Crippen LogP contribution is 2.26. The topological polar surface area (TPSA) is 83.6 Å². The van der Waals surface area contributed by atoms with Crippen molar-refractivity contribution in [1.82, 2.24) is 4.31 Å². The zero-order valence-electron chi connectivity index (χ0n) is 16.2. The number of benzene rings is 2. The minimum Gasteiger partial charge on any atom is -0.280 e. The zero-order chi connectivity index (χ0) is 20.4. The Morgan fingerprint density at radius 1 is 0.821 bits per heavy atom. The summed E-state index contributed by atoms with van der Waals surface area (Å²) in [5, 5.41) is 0. The van der Waals surface area contributed by atoms with Crippen LogP contribution in [0, 0.1) is 0 Å². The summed E-state index contributed by atoms with van der Waals surface area (Å²) in [6.07, 6.45) is 4.11. The van der Waals surface area contributed by atoms with Crippen LogP contribution < -0.4 is 4.72 Å². The van der Waals surface area contributed by atoms with Crippen LogP contribution in [-0.2, 0) is 32.9 Å². The molecule has 2 aromatic carbocycles. The van der Waals surface area contributed by atoms with Gasteiger partial charge in [-0.2, -0.15) is 4.31 Å². The van der Waals surface area contributed by atoms with E-state index in [1.807, 2.05) is 6.07 Å². The molecule has 0 radical (unpaired) electrons. The summed E-state index contributed by atoms with van der Waals surface area (Å²) in [6, 6.07) is 11.1. The monoisotopic (exact) mass is 422 g/mol. The van der Waals surface area contributed by atoms with Crippen molar-refractivity contribution < 1.29 is 16.8 Å². The van der Waals surface area contributed by atoms with Crippen LogP contribution >= 0.6 is 0 Å². The van der Waals surface area contributed by atoms with Crippen LogP contribution in [0.2, 0.25) is 0 Å². The molecule has 0 atom stereocenters. The zero-order valence-corrected chi connectivity index (χ0v) is 17.8. The molecule has 1 N–H and O–H groups in total. The lowest BCUT2D eigenvalue weighted by atomic mass is 9.92. The highest BCUT2D eigenvalue weighted by molar-refractivity contribution is 7.92. The second-order valence-corrected chi connectivity index (χ2v) is 10.5. The van der Waals surface area contributed by atoms with Crippen molar-refractivity contribution in [3.8, 4) is 0 Å². The Bertz CT molecular complexity index is 1040. The number of anilines is 1. The fourth-order valence-electron chi connectivity index (χ4n) is 3.50. The molecule has 0 fully saturated rings. The molecule has 3 rings (SSSR count). The molecule has 8 heteroatoms. The van der Waals surface area contributed by atoms with Gasteiger partial charge in [-0.25, -0.2) is 16.8 Å². The standard InChI is InChI=1S/C20H26N2O4S2/c1-3-22(4-2)28(25,26)19-13-10-18(11-14-19)21-27(23,24)20-12-9-16-7-5-6-8-17(16)15-20/h9-15,21H,3-8H2,1-2H3. The van der Waals surface area contributed by atoms with Gasteiger partial charge in [-0.05, 0) is 73.2 Å². The van der Waals surface area contributed by atoms with E-state index < -0.39 is 20.0 Å². The number of nitrogens with zero attached hydrogens (tertiary/aromatic N) is 1. The molecule has 0 heterocycles. The van der Waals surface area contributed by atoms with Gasteiger partial charge in [0.15, 0.2) is 0 Å². The quantitative estimate of drug-likeness (QED) is 0.741. The third-order valence-electron chi connectivity index (χ3n) is 5.08. The summed E-state index contributed by atoms with van der Waals surface area (Å²) >= 11 is 0. The fraction of sp³-hybridized carbons (Fsp3) is 0.400. The van der Waals surface area contributed by atoms with E-state index >= 15 is 0 Å². The maximum Gasteiger partial charge on any atom is 0.261 e. The molecule has 0 spiro atoms. The summed E-state index contributed by atoms with van der Waals surface area (Å²) in [4.78, 5) is 0.376. The number of sulfonamides is 2. The Morgan fingerprint density at radius 3 is 2.00 bits per heavy atom. The molecular weight excluding hydrogens is 396 g/mol. The van der Waals surface area contributed by atoms with E-state index in [2.05, 4.69) is 4.72 Å². The molecule has 2 aromatic rings. The lowest BCUT2D eigenvalue weighted by Crippen LogP contribution is -2.30. The molecule has 28 heavy (non-hydrogen) atoms. The van der Waals surface area contributed by atoms with Gasteiger partial charge in [-0.3, -0.25) is 4.72 Å². The number of aryl methyl sites for hydroxylation is 2. The van der Waals surface area contributed by atoms with Crippen LogP contribution in [0.3, 0.4) is 0 Å². The molecule has 0 saturated heterocycles. The van der Waals surface area contributed by atoms with Gasteiger partial charge in [0.25, 0.3) is 10.0 Å². The van der Waals surface area contributed by atoms with Crippen LogP contribution in [0.15, 0.2) is 52.3 Å². The van der Waals surface area contributed by atoms with Crippen molar-refractivity contribution in [2.24, 2.45) is 0 Å². The predicted octanol–water partition coefficient (Wildman–Crippen LogP) is 3.40. The molecular formula is C20H26N2O4S2. The van der Waals surface area contributed by atoms with E-state index in [0.29, 0.717) is 18.8 Å². The largest absolute Gasteiger partial charge is 0.280 e. The molecule has 1 aliphatic carbocycles. The van der Waals surface area contributed by atoms with Crippen molar-refractivity contribution in [3.63, 3.8) is 0 Å². The van der Waals surface area contributed by atoms with Gasteiger partial charge >= 0.3 is 0 Å². The minimum atomic E-state index is -3.73. The summed E-state index contributed by atoms with van der Waals surface area (Å²) in [5.74, 6) is 0. The Labute approximate surface area is 167 Å². The summed E-state index contributed by atoms with van der Waals surface area (Å²) < 4.78 is 54.4. The number of nitrogens with one attached hydrogen (secondary N) is 1. The summed E-state index contributed by atoms with van der Waals surface area (Å²) in [7, 11) is -7.30. The molecule has 0 aliphatic heterocycles. The van der Waals surface area contributed by atoms with Crippen LogP contribution in [0.1, 0.15) is 37.8 Å². The Kier molecular flexibility index (Phi) is 6.12. The van der Waals surface area contributed by atoms with E-state index in [1.165, 1.54) is 34.1 Å². The minimum absolute atomic E-state index is 0.146. The van der Waals surface area contributed by atoms with E-state index in [4.69, 9.17) is 0 Å². The lowest BCUT2D eigenvalue weighted by Gasteiger charge is -2.19. The van der Waals surface area contributed by atoms with Gasteiger partial charge in [0.05, 0.1) is 9.79 Å². The average molecular weight is 423 g/mol. The Hall–Kier alpha value is -1.90. The molecule has 6 nitrogen and oxygen atoms in total. The van der Waals surface area contributed by atoms with E-state index in [-0.39, 0.29) is 9.79 Å². The van der Waals surface area contributed by atoms with Gasteiger partial charge in [-0.1, -0.05) is 19.9 Å². The normalized spacial score (nSPS) is 14.7. The van der Waals surface area contributed by atoms with Gasteiger partial charge in [0.1, 0.15) is 0 Å². The van der Waals surface area contributed by atoms with Gasteiger partial charge < -0.3 is 0 Å². The third-order valence-corrected chi connectivity index (χ3v) is 8.52. The molecule has 0 bridgehead atoms. The number of fused-ring (bicyclic) bond motifs is 1.